The molecule has 0 radical (unpaired) electrons. The summed E-state index contributed by atoms with van der Waals surface area (Å²) in [6, 6.07) is 5.14. The second kappa shape index (κ2) is 12.1. The Morgan fingerprint density at radius 3 is 2.32 bits per heavy atom. The van der Waals surface area contributed by atoms with E-state index in [1.165, 1.54) is 12.1 Å². The number of guanidine groups is 1. The summed E-state index contributed by atoms with van der Waals surface area (Å²) in [5, 5.41) is 6.61. The molecule has 2 N–H and O–H groups in total. The van der Waals surface area contributed by atoms with Gasteiger partial charge >= 0.3 is 6.18 Å². The summed E-state index contributed by atoms with van der Waals surface area (Å²) in [6.45, 7) is 7.52. The minimum atomic E-state index is -4.31. The maximum Gasteiger partial charge on any atom is 0.416 e. The van der Waals surface area contributed by atoms with Crippen LogP contribution in [0.1, 0.15) is 37.8 Å². The molecule has 0 saturated carbocycles. The van der Waals surface area contributed by atoms with Crippen molar-refractivity contribution in [3.05, 3.63) is 35.4 Å². The Bertz CT molecular complexity index is 600. The van der Waals surface area contributed by atoms with Crippen LogP contribution in [0, 0.1) is 0 Å². The van der Waals surface area contributed by atoms with Crippen molar-refractivity contribution in [3.63, 3.8) is 0 Å². The number of alkyl halides is 3. The molecule has 28 heavy (non-hydrogen) atoms. The number of aliphatic imine (C=N–C) groups is 1. The van der Waals surface area contributed by atoms with E-state index in [-0.39, 0.29) is 28.7 Å². The fourth-order valence-electron chi connectivity index (χ4n) is 2.98. The summed E-state index contributed by atoms with van der Waals surface area (Å²) in [5.41, 5.74) is 0.0993. The minimum absolute atomic E-state index is 0. The van der Waals surface area contributed by atoms with Gasteiger partial charge in [-0.15, -0.1) is 24.0 Å². The van der Waals surface area contributed by atoms with Crippen molar-refractivity contribution in [2.45, 2.75) is 44.2 Å². The monoisotopic (exact) mass is 531 g/mol. The third-order valence-corrected chi connectivity index (χ3v) is 5.93. The molecule has 0 atom stereocenters. The van der Waals surface area contributed by atoms with Crippen molar-refractivity contribution in [2.24, 2.45) is 4.99 Å². The van der Waals surface area contributed by atoms with Crippen LogP contribution in [0.4, 0.5) is 13.2 Å². The van der Waals surface area contributed by atoms with Gasteiger partial charge in [-0.25, -0.2) is 4.99 Å². The van der Waals surface area contributed by atoms with Gasteiger partial charge in [-0.1, -0.05) is 19.1 Å². The zero-order valence-electron chi connectivity index (χ0n) is 16.3. The SMILES string of the molecule is CCNC(=NCc1ccc(C(F)(F)F)cc1)NCC1(SCC)CCOCC1.I. The number of thioether (sulfide) groups is 1. The number of halogens is 4. The molecule has 160 valence electrons. The molecule has 0 unspecified atom stereocenters. The summed E-state index contributed by atoms with van der Waals surface area (Å²) < 4.78 is 43.6. The van der Waals surface area contributed by atoms with Crippen LogP contribution >= 0.6 is 35.7 Å². The highest BCUT2D eigenvalue weighted by molar-refractivity contribution is 14.0. The number of rotatable bonds is 7. The van der Waals surface area contributed by atoms with Gasteiger partial charge in [-0.3, -0.25) is 0 Å². The molecule has 1 aromatic carbocycles. The van der Waals surface area contributed by atoms with E-state index in [4.69, 9.17) is 4.74 Å². The average Bonchev–Trinajstić information content (AvgIpc) is 2.65. The first-order chi connectivity index (χ1) is 12.9. The molecule has 1 aliphatic rings. The Hall–Kier alpha value is -0.680. The van der Waals surface area contributed by atoms with E-state index in [9.17, 15) is 13.2 Å². The first kappa shape index (κ1) is 25.4. The molecular formula is C19H29F3IN3OS. The lowest BCUT2D eigenvalue weighted by molar-refractivity contribution is -0.137. The number of hydrogen-bond acceptors (Lipinski definition) is 3. The van der Waals surface area contributed by atoms with Crippen molar-refractivity contribution < 1.29 is 17.9 Å². The molecule has 0 aromatic heterocycles. The molecule has 0 amide bonds. The van der Waals surface area contributed by atoms with Gasteiger partial charge in [0.1, 0.15) is 0 Å². The maximum atomic E-state index is 12.7. The third kappa shape index (κ3) is 7.98. The summed E-state index contributed by atoms with van der Waals surface area (Å²) in [5.74, 6) is 1.72. The van der Waals surface area contributed by atoms with Crippen molar-refractivity contribution in [1.29, 1.82) is 0 Å². The Labute approximate surface area is 186 Å². The number of nitrogens with one attached hydrogen (secondary N) is 2. The topological polar surface area (TPSA) is 45.7 Å². The number of benzene rings is 1. The fraction of sp³-hybridized carbons (Fsp3) is 0.632. The molecule has 4 nitrogen and oxygen atoms in total. The number of hydrogen-bond donors (Lipinski definition) is 2. The Balaban J connectivity index is 0.00000392. The highest BCUT2D eigenvalue weighted by Gasteiger charge is 2.33. The zero-order valence-corrected chi connectivity index (χ0v) is 19.4. The number of nitrogens with zero attached hydrogens (tertiary/aromatic N) is 1. The van der Waals surface area contributed by atoms with Crippen LogP contribution in [0.15, 0.2) is 29.3 Å². The summed E-state index contributed by atoms with van der Waals surface area (Å²) in [6.07, 6.45) is -2.32. The van der Waals surface area contributed by atoms with E-state index < -0.39 is 11.7 Å². The van der Waals surface area contributed by atoms with E-state index in [1.807, 2.05) is 18.7 Å². The molecule has 9 heteroatoms. The van der Waals surface area contributed by atoms with Crippen LogP contribution in [0.3, 0.4) is 0 Å². The summed E-state index contributed by atoms with van der Waals surface area (Å²) >= 11 is 1.95. The Kier molecular flexibility index (Phi) is 11.0. The lowest BCUT2D eigenvalue weighted by atomic mass is 9.99. The summed E-state index contributed by atoms with van der Waals surface area (Å²) in [4.78, 5) is 4.52. The molecule has 0 spiro atoms. The normalized spacial score (nSPS) is 17.0. The first-order valence-electron chi connectivity index (χ1n) is 9.28. The molecule has 0 bridgehead atoms. The van der Waals surface area contributed by atoms with E-state index in [2.05, 4.69) is 22.5 Å². The van der Waals surface area contributed by atoms with E-state index >= 15 is 0 Å². The molecule has 1 heterocycles. The van der Waals surface area contributed by atoms with Crippen molar-refractivity contribution in [1.82, 2.24) is 10.6 Å². The first-order valence-corrected chi connectivity index (χ1v) is 10.3. The standard InChI is InChI=1S/C19H28F3N3OS.HI/c1-3-23-17(25-14-18(27-4-2)9-11-26-12-10-18)24-13-15-5-7-16(8-6-15)19(20,21)22;/h5-8H,3-4,9-14H2,1-2H3,(H2,23,24,25);1H. The van der Waals surface area contributed by atoms with Crippen molar-refractivity contribution in [3.8, 4) is 0 Å². The lowest BCUT2D eigenvalue weighted by Crippen LogP contribution is -2.48. The zero-order chi connectivity index (χ0) is 19.8. The van der Waals surface area contributed by atoms with Gasteiger partial charge in [-0.2, -0.15) is 24.9 Å². The molecule has 0 aliphatic carbocycles. The highest BCUT2D eigenvalue weighted by atomic mass is 127. The lowest BCUT2D eigenvalue weighted by Gasteiger charge is -2.37. The van der Waals surface area contributed by atoms with Crippen LogP contribution in [0.2, 0.25) is 0 Å². The Morgan fingerprint density at radius 1 is 1.14 bits per heavy atom. The Morgan fingerprint density at radius 2 is 1.79 bits per heavy atom. The predicted octanol–water partition coefficient (Wildman–Crippen LogP) is 4.68. The van der Waals surface area contributed by atoms with Gasteiger partial charge in [-0.05, 0) is 43.2 Å². The van der Waals surface area contributed by atoms with Crippen molar-refractivity contribution in [2.75, 3.05) is 32.1 Å². The van der Waals surface area contributed by atoms with E-state index in [1.54, 1.807) is 0 Å². The maximum absolute atomic E-state index is 12.7. The molecule has 1 aromatic rings. The molecule has 2 rings (SSSR count). The van der Waals surface area contributed by atoms with Gasteiger partial charge in [0.15, 0.2) is 5.96 Å². The number of ether oxygens (including phenoxy) is 1. The predicted molar refractivity (Wildman–Crippen MR) is 121 cm³/mol. The molecular weight excluding hydrogens is 502 g/mol. The molecule has 1 aliphatic heterocycles. The smallest absolute Gasteiger partial charge is 0.381 e. The molecule has 1 saturated heterocycles. The van der Waals surface area contributed by atoms with Crippen LogP contribution in [-0.2, 0) is 17.5 Å². The van der Waals surface area contributed by atoms with Gasteiger partial charge in [0.25, 0.3) is 0 Å². The quantitative estimate of drug-likeness (QED) is 0.305. The van der Waals surface area contributed by atoms with Crippen LogP contribution < -0.4 is 10.6 Å². The molecule has 1 fully saturated rings. The highest BCUT2D eigenvalue weighted by Crippen LogP contribution is 2.34. The van der Waals surface area contributed by atoms with Gasteiger partial charge in [0.05, 0.1) is 12.1 Å². The fourth-order valence-corrected chi connectivity index (χ4v) is 4.22. The van der Waals surface area contributed by atoms with Gasteiger partial charge < -0.3 is 15.4 Å². The van der Waals surface area contributed by atoms with Gasteiger partial charge in [0.2, 0.25) is 0 Å². The van der Waals surface area contributed by atoms with Crippen LogP contribution in [0.5, 0.6) is 0 Å². The second-order valence-electron chi connectivity index (χ2n) is 6.47. The minimum Gasteiger partial charge on any atom is -0.381 e. The summed E-state index contributed by atoms with van der Waals surface area (Å²) in [7, 11) is 0. The van der Waals surface area contributed by atoms with Crippen LogP contribution in [-0.4, -0.2) is 42.8 Å². The van der Waals surface area contributed by atoms with Gasteiger partial charge in [0, 0.05) is 31.1 Å². The van der Waals surface area contributed by atoms with E-state index in [0.29, 0.717) is 12.5 Å². The van der Waals surface area contributed by atoms with E-state index in [0.717, 1.165) is 62.6 Å². The van der Waals surface area contributed by atoms with Crippen molar-refractivity contribution >= 4 is 41.7 Å². The second-order valence-corrected chi connectivity index (χ2v) is 8.20. The average molecular weight is 531 g/mol. The largest absolute Gasteiger partial charge is 0.416 e. The van der Waals surface area contributed by atoms with Crippen LogP contribution in [0.25, 0.3) is 0 Å². The third-order valence-electron chi connectivity index (χ3n) is 4.48.